The fourth-order valence-corrected chi connectivity index (χ4v) is 1.93. The minimum absolute atomic E-state index is 0.286. The molecule has 0 spiro atoms. The molecule has 1 aliphatic rings. The lowest BCUT2D eigenvalue weighted by Gasteiger charge is -2.20. The van der Waals surface area contributed by atoms with Crippen LogP contribution >= 0.6 is 0 Å². The molecule has 15 heavy (non-hydrogen) atoms. The van der Waals surface area contributed by atoms with Crippen LogP contribution in [0.5, 0.6) is 0 Å². The predicted molar refractivity (Wildman–Crippen MR) is 62.9 cm³/mol. The average molecular weight is 203 g/mol. The van der Waals surface area contributed by atoms with E-state index in [1.54, 1.807) is 0 Å². The van der Waals surface area contributed by atoms with Crippen LogP contribution in [0, 0.1) is 0 Å². The normalized spacial score (nSPS) is 20.3. The van der Waals surface area contributed by atoms with Crippen LogP contribution in [0.4, 0.5) is 0 Å². The van der Waals surface area contributed by atoms with Crippen LogP contribution in [-0.4, -0.2) is 43.4 Å². The average Bonchev–Trinajstić information content (AvgIpc) is 2.62. The Morgan fingerprint density at radius 2 is 1.93 bits per heavy atom. The fourth-order valence-electron chi connectivity index (χ4n) is 1.93. The molecule has 0 amide bonds. The molecule has 0 unspecified atom stereocenters. The van der Waals surface area contributed by atoms with Crippen LogP contribution < -0.4 is 0 Å². The Balaban J connectivity index is 2.22. The summed E-state index contributed by atoms with van der Waals surface area (Å²) < 4.78 is 0. The van der Waals surface area contributed by atoms with Gasteiger partial charge in [-0.2, -0.15) is 0 Å². The van der Waals surface area contributed by atoms with Gasteiger partial charge in [0.25, 0.3) is 0 Å². The highest BCUT2D eigenvalue weighted by Crippen LogP contribution is 2.23. The summed E-state index contributed by atoms with van der Waals surface area (Å²) in [5.74, 6) is 1.06. The topological polar surface area (TPSA) is 18.8 Å². The molecule has 1 aromatic carbocycles. The van der Waals surface area contributed by atoms with Crippen LogP contribution in [-0.2, 0) is 0 Å². The molecule has 0 saturated carbocycles. The number of hydrogen-bond donors (Lipinski definition) is 0. The van der Waals surface area contributed by atoms with Gasteiger partial charge in [-0.25, -0.2) is 4.99 Å². The van der Waals surface area contributed by atoms with E-state index in [0.29, 0.717) is 0 Å². The van der Waals surface area contributed by atoms with Gasteiger partial charge < -0.3 is 9.80 Å². The maximum atomic E-state index is 4.71. The molecular weight excluding hydrogens is 186 g/mol. The molecule has 0 N–H and O–H groups in total. The van der Waals surface area contributed by atoms with Crippen molar-refractivity contribution in [1.82, 2.24) is 9.80 Å². The molecule has 0 radical (unpaired) electrons. The summed E-state index contributed by atoms with van der Waals surface area (Å²) in [5.41, 5.74) is 1.29. The van der Waals surface area contributed by atoms with Crippen LogP contribution in [0.2, 0.25) is 0 Å². The Bertz CT molecular complexity index is 356. The predicted octanol–water partition coefficient (Wildman–Crippen LogP) is 1.59. The van der Waals surface area contributed by atoms with Crippen molar-refractivity contribution in [3.8, 4) is 0 Å². The molecule has 0 aliphatic carbocycles. The Labute approximate surface area is 91.0 Å². The van der Waals surface area contributed by atoms with Gasteiger partial charge in [-0.3, -0.25) is 0 Å². The molecule has 1 atom stereocenters. The summed E-state index contributed by atoms with van der Waals surface area (Å²) in [7, 11) is 6.15. The highest BCUT2D eigenvalue weighted by molar-refractivity contribution is 5.81. The van der Waals surface area contributed by atoms with Gasteiger partial charge in [-0.05, 0) is 5.56 Å². The maximum absolute atomic E-state index is 4.71. The zero-order chi connectivity index (χ0) is 10.8. The van der Waals surface area contributed by atoms with Gasteiger partial charge in [0.05, 0.1) is 6.04 Å². The second kappa shape index (κ2) is 3.93. The summed E-state index contributed by atoms with van der Waals surface area (Å²) in [6, 6.07) is 10.7. The largest absolute Gasteiger partial charge is 0.349 e. The first-order chi connectivity index (χ1) is 7.18. The monoisotopic (exact) mass is 203 g/mol. The summed E-state index contributed by atoms with van der Waals surface area (Å²) >= 11 is 0. The van der Waals surface area contributed by atoms with E-state index in [1.807, 2.05) is 20.2 Å². The molecule has 2 rings (SSSR count). The number of benzene rings is 1. The molecule has 1 aliphatic heterocycles. The van der Waals surface area contributed by atoms with Crippen LogP contribution in [0.3, 0.4) is 0 Å². The fraction of sp³-hybridized carbons (Fsp3) is 0.417. The first-order valence-electron chi connectivity index (χ1n) is 5.19. The number of rotatable bonds is 1. The van der Waals surface area contributed by atoms with E-state index >= 15 is 0 Å². The first kappa shape index (κ1) is 10.0. The smallest absolute Gasteiger partial charge is 0.196 e. The van der Waals surface area contributed by atoms with E-state index in [9.17, 15) is 0 Å². The third-order valence-electron chi connectivity index (χ3n) is 2.64. The lowest BCUT2D eigenvalue weighted by atomic mass is 10.1. The van der Waals surface area contributed by atoms with E-state index in [0.717, 1.165) is 12.5 Å². The molecule has 3 nitrogen and oxygen atoms in total. The van der Waals surface area contributed by atoms with Crippen LogP contribution in [0.1, 0.15) is 11.6 Å². The second-order valence-electron chi connectivity index (χ2n) is 4.13. The van der Waals surface area contributed by atoms with Crippen LogP contribution in [0.25, 0.3) is 0 Å². The number of aliphatic imine (C=N–C) groups is 1. The zero-order valence-corrected chi connectivity index (χ0v) is 9.51. The maximum Gasteiger partial charge on any atom is 0.196 e. The van der Waals surface area contributed by atoms with Crippen LogP contribution in [0.15, 0.2) is 35.3 Å². The minimum Gasteiger partial charge on any atom is -0.349 e. The van der Waals surface area contributed by atoms with Crippen molar-refractivity contribution in [2.24, 2.45) is 4.99 Å². The van der Waals surface area contributed by atoms with Crippen molar-refractivity contribution in [2.45, 2.75) is 6.04 Å². The van der Waals surface area contributed by atoms with Gasteiger partial charge in [0.15, 0.2) is 5.96 Å². The number of nitrogens with zero attached hydrogens (tertiary/aromatic N) is 3. The Kier molecular flexibility index (Phi) is 2.62. The lowest BCUT2D eigenvalue weighted by molar-refractivity contribution is 0.448. The van der Waals surface area contributed by atoms with Gasteiger partial charge in [-0.15, -0.1) is 0 Å². The standard InChI is InChI=1S/C12H17N3/c1-14(2)12-13-11(9-15(12)3)10-7-5-4-6-8-10/h4-8,11H,9H2,1-3H3/t11-/m0/s1. The zero-order valence-electron chi connectivity index (χ0n) is 9.51. The molecule has 0 saturated heterocycles. The van der Waals surface area contributed by atoms with Gasteiger partial charge in [-0.1, -0.05) is 30.3 Å². The highest BCUT2D eigenvalue weighted by Gasteiger charge is 2.24. The van der Waals surface area contributed by atoms with Gasteiger partial charge >= 0.3 is 0 Å². The quantitative estimate of drug-likeness (QED) is 0.690. The Morgan fingerprint density at radius 3 is 2.47 bits per heavy atom. The van der Waals surface area contributed by atoms with Crippen molar-refractivity contribution in [3.05, 3.63) is 35.9 Å². The molecule has 0 fully saturated rings. The molecule has 3 heteroatoms. The van der Waals surface area contributed by atoms with E-state index in [1.165, 1.54) is 5.56 Å². The SMILES string of the molecule is CN(C)C1=N[C@H](c2ccccc2)CN1C. The molecule has 1 aromatic rings. The van der Waals surface area contributed by atoms with Crippen molar-refractivity contribution in [1.29, 1.82) is 0 Å². The molecule has 0 bridgehead atoms. The summed E-state index contributed by atoms with van der Waals surface area (Å²) in [5, 5.41) is 0. The van der Waals surface area contributed by atoms with Crippen molar-refractivity contribution in [3.63, 3.8) is 0 Å². The van der Waals surface area contributed by atoms with E-state index in [2.05, 4.69) is 41.1 Å². The Hall–Kier alpha value is -1.51. The van der Waals surface area contributed by atoms with Gasteiger partial charge in [0, 0.05) is 27.7 Å². The number of guanidine groups is 1. The van der Waals surface area contributed by atoms with Gasteiger partial charge in [0.2, 0.25) is 0 Å². The summed E-state index contributed by atoms with van der Waals surface area (Å²) in [6.45, 7) is 0.970. The molecular formula is C12H17N3. The van der Waals surface area contributed by atoms with Crippen molar-refractivity contribution >= 4 is 5.96 Å². The minimum atomic E-state index is 0.286. The van der Waals surface area contributed by atoms with E-state index < -0.39 is 0 Å². The van der Waals surface area contributed by atoms with Crippen molar-refractivity contribution in [2.75, 3.05) is 27.7 Å². The molecule has 1 heterocycles. The Morgan fingerprint density at radius 1 is 1.27 bits per heavy atom. The summed E-state index contributed by atoms with van der Waals surface area (Å²) in [6.07, 6.45) is 0. The molecule has 0 aromatic heterocycles. The number of likely N-dealkylation sites (N-methyl/N-ethyl adjacent to an activating group) is 1. The summed E-state index contributed by atoms with van der Waals surface area (Å²) in [4.78, 5) is 8.96. The van der Waals surface area contributed by atoms with E-state index in [4.69, 9.17) is 4.99 Å². The third kappa shape index (κ3) is 1.96. The van der Waals surface area contributed by atoms with Gasteiger partial charge in [0.1, 0.15) is 0 Å². The first-order valence-corrected chi connectivity index (χ1v) is 5.19. The lowest BCUT2D eigenvalue weighted by Crippen LogP contribution is -2.34. The highest BCUT2D eigenvalue weighted by atomic mass is 15.4. The van der Waals surface area contributed by atoms with Crippen molar-refractivity contribution < 1.29 is 0 Å². The third-order valence-corrected chi connectivity index (χ3v) is 2.64. The molecule has 80 valence electrons. The number of hydrogen-bond acceptors (Lipinski definition) is 3. The van der Waals surface area contributed by atoms with E-state index in [-0.39, 0.29) is 6.04 Å². The second-order valence-corrected chi connectivity index (χ2v) is 4.13.